The summed E-state index contributed by atoms with van der Waals surface area (Å²) in [4.78, 5) is 35.9. The van der Waals surface area contributed by atoms with Crippen LogP contribution in [0.4, 0.5) is 0 Å². The maximum atomic E-state index is 12.6. The van der Waals surface area contributed by atoms with Gasteiger partial charge in [-0.2, -0.15) is 0 Å². The summed E-state index contributed by atoms with van der Waals surface area (Å²) < 4.78 is 0. The third-order valence-corrected chi connectivity index (χ3v) is 3.76. The Morgan fingerprint density at radius 2 is 1.95 bits per heavy atom. The number of hydrogen-bond donors (Lipinski definition) is 4. The minimum atomic E-state index is -1.14. The number of aliphatic carboxylic acids is 2. The van der Waals surface area contributed by atoms with Gasteiger partial charge in [-0.1, -0.05) is 6.42 Å². The largest absolute Gasteiger partial charge is 0.480 e. The predicted octanol–water partition coefficient (Wildman–Crippen LogP) is -1.18. The Balaban J connectivity index is 2.81. The van der Waals surface area contributed by atoms with Gasteiger partial charge in [-0.15, -0.1) is 0 Å². The molecule has 1 amide bonds. The van der Waals surface area contributed by atoms with Crippen LogP contribution in [0.25, 0.3) is 0 Å². The summed E-state index contributed by atoms with van der Waals surface area (Å²) in [6, 6.07) is -1.70. The van der Waals surface area contributed by atoms with Gasteiger partial charge in [0.15, 0.2) is 0 Å². The van der Waals surface area contributed by atoms with Gasteiger partial charge in [0.2, 0.25) is 5.91 Å². The van der Waals surface area contributed by atoms with Crippen molar-refractivity contribution < 1.29 is 24.6 Å². The number of nitrogens with two attached hydrogens (primary N) is 2. The molecule has 126 valence electrons. The first-order valence-corrected chi connectivity index (χ1v) is 7.35. The molecule has 1 heterocycles. The van der Waals surface area contributed by atoms with Crippen LogP contribution in [0.5, 0.6) is 0 Å². The molecule has 0 saturated carbocycles. The zero-order chi connectivity index (χ0) is 16.7. The molecule has 2 atom stereocenters. The zero-order valence-corrected chi connectivity index (χ0v) is 12.5. The monoisotopic (exact) mass is 316 g/mol. The summed E-state index contributed by atoms with van der Waals surface area (Å²) in [7, 11) is 0. The van der Waals surface area contributed by atoms with Gasteiger partial charge >= 0.3 is 11.9 Å². The molecule has 1 aliphatic rings. The highest BCUT2D eigenvalue weighted by Crippen LogP contribution is 2.21. The molecule has 6 N–H and O–H groups in total. The number of nitrogens with zero attached hydrogens (tertiary/aromatic N) is 2. The third-order valence-electron chi connectivity index (χ3n) is 3.76. The lowest BCUT2D eigenvalue weighted by atomic mass is 10.1. The molecular weight excluding hydrogens is 292 g/mol. The standard InChI is InChI=1S/C13H24N4O5/c14-6-2-1-4-9(17(15)8-11(18)19)12(20)16-7-3-5-10(16)13(21)22/h9-10H,1-8,14-15H2,(H,18,19)(H,21,22). The lowest BCUT2D eigenvalue weighted by Crippen LogP contribution is -2.55. The van der Waals surface area contributed by atoms with Crippen molar-refractivity contribution in [2.45, 2.75) is 44.2 Å². The van der Waals surface area contributed by atoms with Crippen LogP contribution in [0.15, 0.2) is 0 Å². The lowest BCUT2D eigenvalue weighted by molar-refractivity contribution is -0.152. The van der Waals surface area contributed by atoms with Gasteiger partial charge in [-0.3, -0.25) is 15.4 Å². The number of carbonyl (C=O) groups is 3. The van der Waals surface area contributed by atoms with Gasteiger partial charge in [0.05, 0.1) is 0 Å². The maximum absolute atomic E-state index is 12.6. The molecule has 0 radical (unpaired) electrons. The second-order valence-corrected chi connectivity index (χ2v) is 5.39. The molecule has 0 aromatic carbocycles. The number of carbonyl (C=O) groups excluding carboxylic acids is 1. The first kappa shape index (κ1) is 18.3. The normalized spacial score (nSPS) is 19.4. The Morgan fingerprint density at radius 1 is 1.27 bits per heavy atom. The fourth-order valence-electron chi connectivity index (χ4n) is 2.66. The molecule has 1 saturated heterocycles. The molecule has 0 spiro atoms. The van der Waals surface area contributed by atoms with Crippen molar-refractivity contribution in [1.29, 1.82) is 0 Å². The summed E-state index contributed by atoms with van der Waals surface area (Å²) in [5.74, 6) is 3.10. The van der Waals surface area contributed by atoms with Crippen LogP contribution < -0.4 is 11.6 Å². The summed E-state index contributed by atoms with van der Waals surface area (Å²) in [5.41, 5.74) is 5.42. The number of hydrazine groups is 1. The number of carboxylic acid groups (broad SMARTS) is 2. The van der Waals surface area contributed by atoms with Crippen molar-refractivity contribution in [2.24, 2.45) is 11.6 Å². The van der Waals surface area contributed by atoms with Crippen molar-refractivity contribution in [1.82, 2.24) is 9.91 Å². The summed E-state index contributed by atoms with van der Waals surface area (Å²) in [6.45, 7) is 0.334. The smallest absolute Gasteiger partial charge is 0.326 e. The average Bonchev–Trinajstić information content (AvgIpc) is 2.91. The minimum Gasteiger partial charge on any atom is -0.480 e. The van der Waals surface area contributed by atoms with E-state index in [2.05, 4.69) is 0 Å². The lowest BCUT2D eigenvalue weighted by Gasteiger charge is -2.31. The highest BCUT2D eigenvalue weighted by atomic mass is 16.4. The topological polar surface area (TPSA) is 150 Å². The number of likely N-dealkylation sites (tertiary alicyclic amines) is 1. The fourth-order valence-corrected chi connectivity index (χ4v) is 2.66. The second-order valence-electron chi connectivity index (χ2n) is 5.39. The molecular formula is C13H24N4O5. The minimum absolute atomic E-state index is 0.350. The van der Waals surface area contributed by atoms with Gasteiger partial charge in [-0.05, 0) is 32.2 Å². The van der Waals surface area contributed by atoms with E-state index in [1.165, 1.54) is 4.90 Å². The number of hydrogen-bond acceptors (Lipinski definition) is 6. The molecule has 1 fully saturated rings. The summed E-state index contributed by atoms with van der Waals surface area (Å²) >= 11 is 0. The van der Waals surface area contributed by atoms with Crippen LogP contribution in [0.3, 0.4) is 0 Å². The van der Waals surface area contributed by atoms with Crippen molar-refractivity contribution in [3.05, 3.63) is 0 Å². The Morgan fingerprint density at radius 3 is 2.50 bits per heavy atom. The van der Waals surface area contributed by atoms with E-state index in [9.17, 15) is 14.4 Å². The van der Waals surface area contributed by atoms with Crippen molar-refractivity contribution in [2.75, 3.05) is 19.6 Å². The van der Waals surface area contributed by atoms with Crippen molar-refractivity contribution in [3.8, 4) is 0 Å². The highest BCUT2D eigenvalue weighted by molar-refractivity contribution is 5.87. The van der Waals surface area contributed by atoms with Crippen molar-refractivity contribution >= 4 is 17.8 Å². The van der Waals surface area contributed by atoms with E-state index in [0.29, 0.717) is 45.2 Å². The maximum Gasteiger partial charge on any atom is 0.326 e. The molecule has 22 heavy (non-hydrogen) atoms. The SMILES string of the molecule is NCCCCC(C(=O)N1CCCC1C(=O)O)N(N)CC(=O)O. The summed E-state index contributed by atoms with van der Waals surface area (Å²) in [6.07, 6.45) is 2.67. The van der Waals surface area contributed by atoms with E-state index in [-0.39, 0.29) is 0 Å². The van der Waals surface area contributed by atoms with E-state index in [4.69, 9.17) is 21.8 Å². The summed E-state index contributed by atoms with van der Waals surface area (Å²) in [5, 5.41) is 19.0. The van der Waals surface area contributed by atoms with Crippen molar-refractivity contribution in [3.63, 3.8) is 0 Å². The second kappa shape index (κ2) is 8.66. The zero-order valence-electron chi connectivity index (χ0n) is 12.5. The number of rotatable bonds is 9. The third kappa shape index (κ3) is 4.93. The van der Waals surface area contributed by atoms with E-state index in [0.717, 1.165) is 5.01 Å². The van der Waals surface area contributed by atoms with Crippen LogP contribution >= 0.6 is 0 Å². The number of amides is 1. The van der Waals surface area contributed by atoms with E-state index < -0.39 is 36.5 Å². The van der Waals surface area contributed by atoms with E-state index in [1.54, 1.807) is 0 Å². The van der Waals surface area contributed by atoms with Gasteiger partial charge in [0, 0.05) is 6.54 Å². The quantitative estimate of drug-likeness (QED) is 0.236. The van der Waals surface area contributed by atoms with Crippen LogP contribution in [0.1, 0.15) is 32.1 Å². The Hall–Kier alpha value is -1.71. The van der Waals surface area contributed by atoms with Crippen LogP contribution in [0.2, 0.25) is 0 Å². The Kier molecular flexibility index (Phi) is 7.22. The molecule has 9 heteroatoms. The van der Waals surface area contributed by atoms with Crippen LogP contribution in [0, 0.1) is 0 Å². The molecule has 1 aliphatic heterocycles. The molecule has 2 unspecified atom stereocenters. The molecule has 0 aliphatic carbocycles. The molecule has 0 bridgehead atoms. The van der Waals surface area contributed by atoms with E-state index in [1.807, 2.05) is 0 Å². The van der Waals surface area contributed by atoms with Gasteiger partial charge in [0.25, 0.3) is 0 Å². The predicted molar refractivity (Wildman–Crippen MR) is 77.6 cm³/mol. The highest BCUT2D eigenvalue weighted by Gasteiger charge is 2.38. The first-order chi connectivity index (χ1) is 10.4. The van der Waals surface area contributed by atoms with Gasteiger partial charge in [-0.25, -0.2) is 9.80 Å². The fraction of sp³-hybridized carbons (Fsp3) is 0.769. The average molecular weight is 316 g/mol. The van der Waals surface area contributed by atoms with Crippen LogP contribution in [-0.2, 0) is 14.4 Å². The van der Waals surface area contributed by atoms with Gasteiger partial charge < -0.3 is 20.8 Å². The molecule has 1 rings (SSSR count). The van der Waals surface area contributed by atoms with Gasteiger partial charge in [0.1, 0.15) is 18.6 Å². The number of carboxylic acids is 2. The van der Waals surface area contributed by atoms with Crippen LogP contribution in [-0.4, -0.2) is 69.7 Å². The first-order valence-electron chi connectivity index (χ1n) is 7.35. The van der Waals surface area contributed by atoms with E-state index >= 15 is 0 Å². The number of unbranched alkanes of at least 4 members (excludes halogenated alkanes) is 1. The Labute approximate surface area is 128 Å². The molecule has 0 aromatic rings. The Bertz CT molecular complexity index is 417. The molecule has 0 aromatic heterocycles. The molecule has 9 nitrogen and oxygen atoms in total.